The van der Waals surface area contributed by atoms with Gasteiger partial charge in [-0.3, -0.25) is 9.59 Å². The number of hydrogen-bond acceptors (Lipinski definition) is 6. The van der Waals surface area contributed by atoms with E-state index in [1.165, 1.54) is 11.3 Å². The molecule has 1 atom stereocenters. The molecule has 1 fully saturated rings. The first-order chi connectivity index (χ1) is 15.0. The van der Waals surface area contributed by atoms with Crippen LogP contribution in [0.2, 0.25) is 0 Å². The van der Waals surface area contributed by atoms with Gasteiger partial charge >= 0.3 is 0 Å². The Balaban J connectivity index is 1.52. The number of hydrogen-bond donors (Lipinski definition) is 2. The van der Waals surface area contributed by atoms with Crippen LogP contribution in [0.3, 0.4) is 0 Å². The summed E-state index contributed by atoms with van der Waals surface area (Å²) in [5.74, 6) is -0.0752. The van der Waals surface area contributed by atoms with Gasteiger partial charge in [0.05, 0.1) is 26.6 Å². The van der Waals surface area contributed by atoms with Crippen LogP contribution >= 0.6 is 11.3 Å². The summed E-state index contributed by atoms with van der Waals surface area (Å²) in [5.41, 5.74) is 9.82. The number of amides is 1. The maximum absolute atomic E-state index is 14.0. The Labute approximate surface area is 184 Å². The molecule has 0 bridgehead atoms. The van der Waals surface area contributed by atoms with Gasteiger partial charge in [-0.1, -0.05) is 35.5 Å². The average molecular weight is 436 g/mol. The number of anilines is 1. The van der Waals surface area contributed by atoms with Crippen LogP contribution in [0.25, 0.3) is 0 Å². The number of Topliss-reactive ketones (excluding diaryl/α,β-unsaturated/α-hetero) is 1. The van der Waals surface area contributed by atoms with Crippen LogP contribution in [0.1, 0.15) is 68.1 Å². The third-order valence-corrected chi connectivity index (χ3v) is 7.67. The molecule has 5 rings (SSSR count). The quantitative estimate of drug-likeness (QED) is 0.604. The largest absolute Gasteiger partial charge is 0.390 e. The minimum atomic E-state index is -0.653. The zero-order chi connectivity index (χ0) is 21.6. The maximum atomic E-state index is 14.0. The number of thiophene rings is 1. The van der Waals surface area contributed by atoms with E-state index < -0.39 is 5.41 Å². The zero-order valence-corrected chi connectivity index (χ0v) is 18.3. The normalized spacial score (nSPS) is 20.5. The van der Waals surface area contributed by atoms with Crippen molar-refractivity contribution in [3.63, 3.8) is 0 Å². The standard InChI is InChI=1S/C24H25N3O3S/c1-14-15(13-30-27-14)9-11-24(16-5-3-2-4-6-16)12-10-18-19(23(29)26-17-7-8-17)22(25)31-20(18)21(24)28/h2-6,13,17H,7-12,25H2,1H3,(H,26,29). The molecule has 2 aliphatic carbocycles. The molecule has 1 aromatic carbocycles. The number of nitrogens with zero attached hydrogens (tertiary/aromatic N) is 1. The molecule has 1 saturated carbocycles. The molecule has 6 nitrogen and oxygen atoms in total. The number of nitrogens with one attached hydrogen (secondary N) is 1. The van der Waals surface area contributed by atoms with Gasteiger partial charge in [0, 0.05) is 11.6 Å². The van der Waals surface area contributed by atoms with Crippen molar-refractivity contribution in [3.05, 3.63) is 69.4 Å². The Morgan fingerprint density at radius 2 is 2.10 bits per heavy atom. The van der Waals surface area contributed by atoms with Crippen LogP contribution in [0, 0.1) is 6.92 Å². The summed E-state index contributed by atoms with van der Waals surface area (Å²) in [6.07, 6.45) is 6.33. The Kier molecular flexibility index (Phi) is 4.93. The van der Waals surface area contributed by atoms with Gasteiger partial charge in [-0.05, 0) is 56.6 Å². The van der Waals surface area contributed by atoms with Gasteiger partial charge in [0.15, 0.2) is 5.78 Å². The highest BCUT2D eigenvalue weighted by Crippen LogP contribution is 2.47. The van der Waals surface area contributed by atoms with E-state index in [9.17, 15) is 9.59 Å². The number of carbonyl (C=O) groups is 2. The molecule has 3 aromatic rings. The molecule has 1 amide bonds. The highest BCUT2D eigenvalue weighted by Gasteiger charge is 2.46. The molecular formula is C24H25N3O3S. The van der Waals surface area contributed by atoms with Gasteiger partial charge < -0.3 is 15.6 Å². The van der Waals surface area contributed by atoms with Crippen molar-refractivity contribution in [3.8, 4) is 0 Å². The van der Waals surface area contributed by atoms with Crippen molar-refractivity contribution >= 4 is 28.0 Å². The second kappa shape index (κ2) is 7.64. The third-order valence-electron chi connectivity index (χ3n) is 6.61. The lowest BCUT2D eigenvalue weighted by atomic mass is 9.65. The molecule has 2 aliphatic rings. The molecule has 7 heteroatoms. The van der Waals surface area contributed by atoms with E-state index in [2.05, 4.69) is 10.5 Å². The SMILES string of the molecule is Cc1nocc1CCC1(c2ccccc2)CCc2c(sc(N)c2C(=O)NC2CC2)C1=O. The molecule has 3 N–H and O–H groups in total. The molecule has 1 unspecified atom stereocenters. The first-order valence-electron chi connectivity index (χ1n) is 10.7. The molecule has 0 saturated heterocycles. The van der Waals surface area contributed by atoms with E-state index >= 15 is 0 Å². The molecule has 160 valence electrons. The van der Waals surface area contributed by atoms with Gasteiger partial charge in [-0.2, -0.15) is 0 Å². The summed E-state index contributed by atoms with van der Waals surface area (Å²) in [7, 11) is 0. The van der Waals surface area contributed by atoms with Gasteiger partial charge in [-0.15, -0.1) is 11.3 Å². The summed E-state index contributed by atoms with van der Waals surface area (Å²) in [6.45, 7) is 1.92. The number of aromatic nitrogens is 1. The molecule has 31 heavy (non-hydrogen) atoms. The molecular weight excluding hydrogens is 410 g/mol. The third kappa shape index (κ3) is 3.47. The van der Waals surface area contributed by atoms with Crippen molar-refractivity contribution in [2.24, 2.45) is 0 Å². The zero-order valence-electron chi connectivity index (χ0n) is 17.4. The van der Waals surface area contributed by atoms with E-state index in [0.717, 1.165) is 35.2 Å². The number of carbonyl (C=O) groups excluding carboxylic acids is 2. The summed E-state index contributed by atoms with van der Waals surface area (Å²) >= 11 is 1.26. The minimum Gasteiger partial charge on any atom is -0.390 e. The monoisotopic (exact) mass is 435 g/mol. The highest BCUT2D eigenvalue weighted by atomic mass is 32.1. The number of fused-ring (bicyclic) bond motifs is 1. The van der Waals surface area contributed by atoms with Gasteiger partial charge in [0.25, 0.3) is 5.91 Å². The number of rotatable bonds is 6. The van der Waals surface area contributed by atoms with Crippen LogP contribution in [0.15, 0.2) is 41.1 Å². The molecule has 0 spiro atoms. The van der Waals surface area contributed by atoms with E-state index in [0.29, 0.717) is 41.1 Å². The Morgan fingerprint density at radius 3 is 2.77 bits per heavy atom. The molecule has 2 aromatic heterocycles. The van der Waals surface area contributed by atoms with Gasteiger partial charge in [0.2, 0.25) is 0 Å². The van der Waals surface area contributed by atoms with Crippen molar-refractivity contribution in [1.82, 2.24) is 10.5 Å². The van der Waals surface area contributed by atoms with E-state index in [1.54, 1.807) is 6.26 Å². The summed E-state index contributed by atoms with van der Waals surface area (Å²) in [5, 5.41) is 7.44. The summed E-state index contributed by atoms with van der Waals surface area (Å²) in [6, 6.07) is 10.2. The number of aryl methyl sites for hydroxylation is 2. The maximum Gasteiger partial charge on any atom is 0.254 e. The van der Waals surface area contributed by atoms with E-state index in [4.69, 9.17) is 10.3 Å². The number of nitrogens with two attached hydrogens (primary N) is 1. The fourth-order valence-corrected chi connectivity index (χ4v) is 5.78. The lowest BCUT2D eigenvalue weighted by Gasteiger charge is -2.36. The van der Waals surface area contributed by atoms with Crippen molar-refractivity contribution in [1.29, 1.82) is 0 Å². The van der Waals surface area contributed by atoms with Crippen LogP contribution in [0.4, 0.5) is 5.00 Å². The van der Waals surface area contributed by atoms with Gasteiger partial charge in [-0.25, -0.2) is 0 Å². The number of ketones is 1. The molecule has 0 radical (unpaired) electrons. The van der Waals surface area contributed by atoms with Crippen LogP contribution in [-0.4, -0.2) is 22.9 Å². The fraction of sp³-hybridized carbons (Fsp3) is 0.375. The first-order valence-corrected chi connectivity index (χ1v) is 11.5. The predicted molar refractivity (Wildman–Crippen MR) is 120 cm³/mol. The summed E-state index contributed by atoms with van der Waals surface area (Å²) < 4.78 is 5.10. The minimum absolute atomic E-state index is 0.0660. The topological polar surface area (TPSA) is 98.2 Å². The van der Waals surface area contributed by atoms with Crippen molar-refractivity contribution < 1.29 is 14.1 Å². The lowest BCUT2D eigenvalue weighted by molar-refractivity contribution is 0.0854. The Bertz CT molecular complexity index is 1150. The highest BCUT2D eigenvalue weighted by molar-refractivity contribution is 7.18. The smallest absolute Gasteiger partial charge is 0.254 e. The average Bonchev–Trinajstić information content (AvgIpc) is 3.38. The Morgan fingerprint density at radius 1 is 1.32 bits per heavy atom. The fourth-order valence-electron chi connectivity index (χ4n) is 4.63. The Hall–Kier alpha value is -2.93. The van der Waals surface area contributed by atoms with Crippen LogP contribution < -0.4 is 11.1 Å². The van der Waals surface area contributed by atoms with Crippen molar-refractivity contribution in [2.45, 2.75) is 56.9 Å². The molecule has 2 heterocycles. The van der Waals surface area contributed by atoms with Crippen LogP contribution in [0.5, 0.6) is 0 Å². The molecule has 0 aliphatic heterocycles. The second-order valence-corrected chi connectivity index (χ2v) is 9.65. The second-order valence-electron chi connectivity index (χ2n) is 8.60. The predicted octanol–water partition coefficient (Wildman–Crippen LogP) is 4.22. The van der Waals surface area contributed by atoms with Crippen LogP contribution in [-0.2, 0) is 18.3 Å². The van der Waals surface area contributed by atoms with E-state index in [1.807, 2.05) is 37.3 Å². The van der Waals surface area contributed by atoms with E-state index in [-0.39, 0.29) is 17.7 Å². The first kappa shape index (κ1) is 20.0. The number of benzene rings is 1. The van der Waals surface area contributed by atoms with Gasteiger partial charge in [0.1, 0.15) is 6.26 Å². The van der Waals surface area contributed by atoms with Crippen molar-refractivity contribution in [2.75, 3.05) is 5.73 Å². The lowest BCUT2D eigenvalue weighted by Crippen LogP contribution is -2.40. The number of nitrogen functional groups attached to an aromatic ring is 1. The summed E-state index contributed by atoms with van der Waals surface area (Å²) in [4.78, 5) is 27.4.